The van der Waals surface area contributed by atoms with Crippen LogP contribution in [0.5, 0.6) is 0 Å². The first-order chi connectivity index (χ1) is 5.79. The van der Waals surface area contributed by atoms with E-state index in [1.54, 1.807) is 17.5 Å². The van der Waals surface area contributed by atoms with Crippen LogP contribution in [0, 0.1) is 0 Å². The molecule has 7 nitrogen and oxygen atoms in total. The Morgan fingerprint density at radius 1 is 1.42 bits per heavy atom. The molecule has 0 saturated carbocycles. The zero-order valence-electron chi connectivity index (χ0n) is 6.23. The van der Waals surface area contributed by atoms with Crippen LogP contribution in [0.25, 0.3) is 0 Å². The second-order valence-corrected chi connectivity index (χ2v) is 2.29. The zero-order valence-corrected chi connectivity index (χ0v) is 6.23. The second-order valence-electron chi connectivity index (χ2n) is 2.29. The van der Waals surface area contributed by atoms with Gasteiger partial charge in [-0.3, -0.25) is 0 Å². The van der Waals surface area contributed by atoms with Gasteiger partial charge in [-0.05, 0) is 0 Å². The molecule has 1 aromatic heterocycles. The number of hydrogen-bond acceptors (Lipinski definition) is 6. The highest BCUT2D eigenvalue weighted by molar-refractivity contribution is 5.57. The van der Waals surface area contributed by atoms with Gasteiger partial charge in [0.1, 0.15) is 0 Å². The number of hydrazine groups is 2. The third kappa shape index (κ3) is 0.839. The van der Waals surface area contributed by atoms with Crippen molar-refractivity contribution in [3.63, 3.8) is 0 Å². The first kappa shape index (κ1) is 6.80. The molecule has 12 heavy (non-hydrogen) atoms. The van der Waals surface area contributed by atoms with Crippen LogP contribution in [0.15, 0.2) is 18.6 Å². The van der Waals surface area contributed by atoms with Crippen LogP contribution in [-0.2, 0) is 0 Å². The summed E-state index contributed by atoms with van der Waals surface area (Å²) in [5, 5.41) is 5.50. The van der Waals surface area contributed by atoms with E-state index in [2.05, 4.69) is 16.1 Å². The fourth-order valence-electron chi connectivity index (χ4n) is 0.891. The summed E-state index contributed by atoms with van der Waals surface area (Å²) in [6.07, 6.45) is 4.92. The van der Waals surface area contributed by atoms with Gasteiger partial charge in [-0.1, -0.05) is 0 Å². The monoisotopic (exact) mass is 167 g/mol. The van der Waals surface area contributed by atoms with Crippen molar-refractivity contribution >= 4 is 11.5 Å². The van der Waals surface area contributed by atoms with Crippen LogP contribution in [-0.4, -0.2) is 9.89 Å². The Morgan fingerprint density at radius 3 is 2.75 bits per heavy atom. The summed E-state index contributed by atoms with van der Waals surface area (Å²) >= 11 is 0. The summed E-state index contributed by atoms with van der Waals surface area (Å²) in [5.41, 5.74) is 17.1. The summed E-state index contributed by atoms with van der Waals surface area (Å²) in [4.78, 5) is 1.44. The van der Waals surface area contributed by atoms with Gasteiger partial charge in [0, 0.05) is 6.20 Å². The Morgan fingerprint density at radius 2 is 2.25 bits per heavy atom. The largest absolute Gasteiger partial charge is 0.394 e. The first-order valence-electron chi connectivity index (χ1n) is 3.35. The molecule has 0 radical (unpaired) electrons. The van der Waals surface area contributed by atoms with Gasteiger partial charge in [-0.15, -0.1) is 10.3 Å². The van der Waals surface area contributed by atoms with E-state index in [4.69, 9.17) is 11.5 Å². The Bertz CT molecular complexity index is 314. The summed E-state index contributed by atoms with van der Waals surface area (Å²) in [6.45, 7) is 0. The highest BCUT2D eigenvalue weighted by atomic mass is 15.9. The number of rotatable bonds is 1. The number of anilines is 2. The van der Waals surface area contributed by atoms with E-state index in [0.29, 0.717) is 11.5 Å². The van der Waals surface area contributed by atoms with E-state index >= 15 is 0 Å². The molecule has 0 unspecified atom stereocenters. The summed E-state index contributed by atoms with van der Waals surface area (Å²) < 4.78 is 0. The van der Waals surface area contributed by atoms with Crippen molar-refractivity contribution in [3.8, 4) is 0 Å². The molecule has 1 aliphatic rings. The first-order valence-corrected chi connectivity index (χ1v) is 3.35. The van der Waals surface area contributed by atoms with Crippen LogP contribution >= 0.6 is 0 Å². The number of nitrogen functional groups attached to an aromatic ring is 2. The lowest BCUT2D eigenvalue weighted by Crippen LogP contribution is -2.44. The van der Waals surface area contributed by atoms with E-state index in [1.165, 1.54) is 11.0 Å². The molecule has 64 valence electrons. The third-order valence-corrected chi connectivity index (χ3v) is 1.50. The van der Waals surface area contributed by atoms with E-state index in [-0.39, 0.29) is 0 Å². The van der Waals surface area contributed by atoms with Gasteiger partial charge >= 0.3 is 0 Å². The molecule has 0 aromatic carbocycles. The maximum absolute atomic E-state index is 5.61. The smallest absolute Gasteiger partial charge is 0.170 e. The number of nitrogens with two attached hydrogens (primary N) is 2. The molecule has 1 aliphatic heterocycles. The van der Waals surface area contributed by atoms with Crippen LogP contribution < -0.4 is 27.5 Å². The minimum Gasteiger partial charge on any atom is -0.394 e. The standard InChI is InChI=1S/C5H9N7/c6-4-3-9-12(5(4)7)11-2-1-8-10-11/h1-3,8,10H,6-7H2. The average molecular weight is 167 g/mol. The molecule has 1 aromatic rings. The number of aromatic nitrogens is 2. The molecule has 0 aliphatic carbocycles. The lowest BCUT2D eigenvalue weighted by atomic mass is 10.5. The lowest BCUT2D eigenvalue weighted by molar-refractivity contribution is 0.510. The van der Waals surface area contributed by atoms with E-state index in [9.17, 15) is 0 Å². The average Bonchev–Trinajstić information content (AvgIpc) is 2.64. The highest BCUT2D eigenvalue weighted by Gasteiger charge is 2.10. The normalized spacial score (nSPS) is 15.2. The van der Waals surface area contributed by atoms with Crippen molar-refractivity contribution in [3.05, 3.63) is 18.6 Å². The van der Waals surface area contributed by atoms with E-state index in [0.717, 1.165) is 0 Å². The van der Waals surface area contributed by atoms with Gasteiger partial charge in [-0.2, -0.15) is 10.2 Å². The second kappa shape index (κ2) is 2.31. The van der Waals surface area contributed by atoms with Crippen molar-refractivity contribution in [2.75, 3.05) is 16.6 Å². The molecule has 0 fully saturated rings. The molecule has 6 N–H and O–H groups in total. The van der Waals surface area contributed by atoms with Crippen LogP contribution in [0.2, 0.25) is 0 Å². The van der Waals surface area contributed by atoms with Crippen molar-refractivity contribution in [2.24, 2.45) is 0 Å². The maximum atomic E-state index is 5.61. The Labute approximate surface area is 68.5 Å². The van der Waals surface area contributed by atoms with Crippen LogP contribution in [0.3, 0.4) is 0 Å². The number of hydrogen-bond donors (Lipinski definition) is 4. The molecule has 7 heteroatoms. The van der Waals surface area contributed by atoms with E-state index < -0.39 is 0 Å². The van der Waals surface area contributed by atoms with Gasteiger partial charge in [0.2, 0.25) is 0 Å². The van der Waals surface area contributed by atoms with Crippen molar-refractivity contribution in [1.29, 1.82) is 0 Å². The zero-order chi connectivity index (χ0) is 8.55. The molecule has 0 bridgehead atoms. The highest BCUT2D eigenvalue weighted by Crippen LogP contribution is 2.12. The molecule has 2 rings (SSSR count). The van der Waals surface area contributed by atoms with Gasteiger partial charge < -0.3 is 16.9 Å². The molecule has 0 saturated heterocycles. The quantitative estimate of drug-likeness (QED) is 0.405. The molecule has 0 spiro atoms. The van der Waals surface area contributed by atoms with Crippen molar-refractivity contribution in [2.45, 2.75) is 0 Å². The van der Waals surface area contributed by atoms with Gasteiger partial charge in [-0.25, -0.2) is 0 Å². The van der Waals surface area contributed by atoms with Crippen LogP contribution in [0.1, 0.15) is 0 Å². The summed E-state index contributed by atoms with van der Waals surface area (Å²) in [6, 6.07) is 0. The SMILES string of the molecule is Nc1cnn(N2C=CNN2)c1N. The number of nitrogens with zero attached hydrogens (tertiary/aromatic N) is 3. The predicted molar refractivity (Wildman–Crippen MR) is 44.7 cm³/mol. The third-order valence-electron chi connectivity index (χ3n) is 1.50. The van der Waals surface area contributed by atoms with Crippen molar-refractivity contribution in [1.82, 2.24) is 20.9 Å². The molecular weight excluding hydrogens is 158 g/mol. The lowest BCUT2D eigenvalue weighted by Gasteiger charge is -2.15. The fourth-order valence-corrected chi connectivity index (χ4v) is 0.891. The Kier molecular flexibility index (Phi) is 1.31. The van der Waals surface area contributed by atoms with Gasteiger partial charge in [0.05, 0.1) is 18.1 Å². The molecular formula is C5H9N7. The number of nitrogens with one attached hydrogen (secondary N) is 2. The topological polar surface area (TPSA) is 97.2 Å². The van der Waals surface area contributed by atoms with Gasteiger partial charge in [0.25, 0.3) is 0 Å². The summed E-state index contributed by atoms with van der Waals surface area (Å²) in [5.74, 6) is 0.399. The fraction of sp³-hybridized carbons (Fsp3) is 0. The Hall–Kier alpha value is -1.89. The Balaban J connectivity index is 2.33. The molecule has 0 amide bonds. The summed E-state index contributed by atoms with van der Waals surface area (Å²) in [7, 11) is 0. The molecule has 0 atom stereocenters. The molecule has 2 heterocycles. The maximum Gasteiger partial charge on any atom is 0.170 e. The predicted octanol–water partition coefficient (Wildman–Crippen LogP) is -1.52. The van der Waals surface area contributed by atoms with Crippen molar-refractivity contribution < 1.29 is 0 Å². The van der Waals surface area contributed by atoms with Gasteiger partial charge in [0.15, 0.2) is 5.82 Å². The van der Waals surface area contributed by atoms with Crippen LogP contribution in [0.4, 0.5) is 11.5 Å². The minimum absolute atomic E-state index is 0.399. The van der Waals surface area contributed by atoms with E-state index in [1.807, 2.05) is 0 Å². The minimum atomic E-state index is 0.399.